The smallest absolute Gasteiger partial charge is 0.350 e. The Labute approximate surface area is 300 Å². The van der Waals surface area contributed by atoms with E-state index < -0.39 is 5.79 Å². The fraction of sp³-hybridized carbons (Fsp3) is 0.389. The van der Waals surface area contributed by atoms with E-state index >= 15 is 0 Å². The lowest BCUT2D eigenvalue weighted by molar-refractivity contribution is -0.192. The van der Waals surface area contributed by atoms with E-state index in [4.69, 9.17) is 37.4 Å². The SMILES string of the molecule is CC(C)C(C)n1ncn(-c2ccc(N3CCN(c4ccc(OCC5COC(Cn6nccn6)(c6ccc(Cl)cc6Cl)O5)cc4)CC3)cc2)c1=O. The molecule has 4 heterocycles. The van der Waals surface area contributed by atoms with Crippen LogP contribution in [0.3, 0.4) is 0 Å². The molecule has 0 radical (unpaired) electrons. The summed E-state index contributed by atoms with van der Waals surface area (Å²) < 4.78 is 22.0. The van der Waals surface area contributed by atoms with Gasteiger partial charge in [-0.2, -0.15) is 20.1 Å². The van der Waals surface area contributed by atoms with Crippen LogP contribution in [0.5, 0.6) is 5.75 Å². The van der Waals surface area contributed by atoms with Gasteiger partial charge in [0.05, 0.1) is 35.8 Å². The van der Waals surface area contributed by atoms with Crippen LogP contribution in [-0.4, -0.2) is 74.8 Å². The van der Waals surface area contributed by atoms with Crippen molar-refractivity contribution >= 4 is 34.6 Å². The Morgan fingerprint density at radius 3 is 2.10 bits per heavy atom. The lowest BCUT2D eigenvalue weighted by Gasteiger charge is -2.37. The van der Waals surface area contributed by atoms with Gasteiger partial charge in [-0.1, -0.05) is 43.1 Å². The molecule has 0 spiro atoms. The number of ether oxygens (including phenoxy) is 3. The highest BCUT2D eigenvalue weighted by Gasteiger charge is 2.46. The Kier molecular flexibility index (Phi) is 9.87. The molecular weight excluding hydrogens is 679 g/mol. The average Bonchev–Trinajstić information content (AvgIpc) is 3.88. The highest BCUT2D eigenvalue weighted by molar-refractivity contribution is 6.35. The molecule has 3 aromatic carbocycles. The molecule has 3 atom stereocenters. The molecule has 2 aliphatic heterocycles. The normalized spacial score (nSPS) is 20.1. The third-order valence-corrected chi connectivity index (χ3v) is 10.0. The molecule has 0 bridgehead atoms. The van der Waals surface area contributed by atoms with Crippen LogP contribution in [-0.2, 0) is 21.8 Å². The summed E-state index contributed by atoms with van der Waals surface area (Å²) in [7, 11) is 0. The number of benzene rings is 3. The molecule has 5 aromatic rings. The van der Waals surface area contributed by atoms with Gasteiger partial charge in [0, 0.05) is 48.1 Å². The molecule has 2 saturated heterocycles. The molecule has 12 nitrogen and oxygen atoms in total. The fourth-order valence-corrected chi connectivity index (χ4v) is 6.86. The van der Waals surface area contributed by atoms with Crippen molar-refractivity contribution in [3.05, 3.63) is 112 Å². The number of anilines is 2. The van der Waals surface area contributed by atoms with E-state index in [9.17, 15) is 4.79 Å². The quantitative estimate of drug-likeness (QED) is 0.167. The minimum absolute atomic E-state index is 0.0319. The van der Waals surface area contributed by atoms with Gasteiger partial charge in [0.1, 0.15) is 31.3 Å². The molecule has 0 saturated carbocycles. The van der Waals surface area contributed by atoms with E-state index in [1.165, 1.54) is 4.80 Å². The molecule has 2 aromatic heterocycles. The summed E-state index contributed by atoms with van der Waals surface area (Å²) >= 11 is 12.7. The Balaban J connectivity index is 0.924. The van der Waals surface area contributed by atoms with Gasteiger partial charge in [-0.05, 0) is 73.5 Å². The summed E-state index contributed by atoms with van der Waals surface area (Å²) in [6.07, 6.45) is 4.47. The summed E-state index contributed by atoms with van der Waals surface area (Å²) in [6, 6.07) is 21.5. The van der Waals surface area contributed by atoms with E-state index in [0.29, 0.717) is 34.7 Å². The Hall–Kier alpha value is -4.36. The van der Waals surface area contributed by atoms with Crippen LogP contribution >= 0.6 is 23.2 Å². The van der Waals surface area contributed by atoms with E-state index in [0.717, 1.165) is 49.0 Å². The van der Waals surface area contributed by atoms with E-state index in [1.54, 1.807) is 46.2 Å². The van der Waals surface area contributed by atoms with Crippen LogP contribution in [0.4, 0.5) is 11.4 Å². The predicted molar refractivity (Wildman–Crippen MR) is 193 cm³/mol. The zero-order valence-corrected chi connectivity index (χ0v) is 29.7. The summed E-state index contributed by atoms with van der Waals surface area (Å²) in [5, 5.41) is 13.8. The molecule has 2 fully saturated rings. The van der Waals surface area contributed by atoms with Crippen molar-refractivity contribution in [1.82, 2.24) is 29.3 Å². The molecular formula is C36H40Cl2N8O4. The van der Waals surface area contributed by atoms with E-state index in [1.807, 2.05) is 31.2 Å². The molecule has 0 aliphatic carbocycles. The second-order valence-electron chi connectivity index (χ2n) is 13.0. The van der Waals surface area contributed by atoms with Gasteiger partial charge in [-0.15, -0.1) is 0 Å². The number of rotatable bonds is 11. The molecule has 7 rings (SSSR count). The van der Waals surface area contributed by atoms with E-state index in [-0.39, 0.29) is 24.4 Å². The predicted octanol–water partition coefficient (Wildman–Crippen LogP) is 5.82. The Morgan fingerprint density at radius 2 is 1.48 bits per heavy atom. The summed E-state index contributed by atoms with van der Waals surface area (Å²) in [5.41, 5.74) is 3.62. The van der Waals surface area contributed by atoms with Gasteiger partial charge in [0.2, 0.25) is 5.79 Å². The second-order valence-corrected chi connectivity index (χ2v) is 13.8. The molecule has 2 aliphatic rings. The van der Waals surface area contributed by atoms with Gasteiger partial charge in [0.25, 0.3) is 0 Å². The van der Waals surface area contributed by atoms with Crippen LogP contribution in [0.1, 0.15) is 32.4 Å². The number of aromatic nitrogens is 6. The lowest BCUT2D eigenvalue weighted by atomic mass is 10.1. The highest BCUT2D eigenvalue weighted by Crippen LogP contribution is 2.40. The third-order valence-electron chi connectivity index (χ3n) is 9.47. The topological polar surface area (TPSA) is 105 Å². The van der Waals surface area contributed by atoms with Crippen molar-refractivity contribution in [2.75, 3.05) is 49.2 Å². The molecule has 0 N–H and O–H groups in total. The summed E-state index contributed by atoms with van der Waals surface area (Å²) in [4.78, 5) is 19.2. The minimum Gasteiger partial charge on any atom is -0.491 e. The first kappa shape index (κ1) is 34.1. The number of hydrogen-bond acceptors (Lipinski definition) is 9. The van der Waals surface area contributed by atoms with Gasteiger partial charge in [-0.3, -0.25) is 0 Å². The zero-order valence-electron chi connectivity index (χ0n) is 28.2. The van der Waals surface area contributed by atoms with Crippen molar-refractivity contribution in [1.29, 1.82) is 0 Å². The largest absolute Gasteiger partial charge is 0.491 e. The first-order valence-corrected chi connectivity index (χ1v) is 17.6. The van der Waals surface area contributed by atoms with Gasteiger partial charge < -0.3 is 24.0 Å². The molecule has 14 heteroatoms. The molecule has 50 heavy (non-hydrogen) atoms. The van der Waals surface area contributed by atoms with Crippen LogP contribution in [0.15, 0.2) is 90.2 Å². The maximum Gasteiger partial charge on any atom is 0.350 e. The number of piperazine rings is 1. The zero-order chi connectivity index (χ0) is 34.8. The van der Waals surface area contributed by atoms with Crippen LogP contribution < -0.4 is 20.2 Å². The van der Waals surface area contributed by atoms with Crippen LogP contribution in [0, 0.1) is 5.92 Å². The number of hydrogen-bond donors (Lipinski definition) is 0. The lowest BCUT2D eigenvalue weighted by Crippen LogP contribution is -2.46. The molecule has 0 amide bonds. The average molecular weight is 720 g/mol. The number of nitrogens with zero attached hydrogens (tertiary/aromatic N) is 8. The van der Waals surface area contributed by atoms with Crippen LogP contribution in [0.25, 0.3) is 5.69 Å². The Morgan fingerprint density at radius 1 is 0.860 bits per heavy atom. The molecule has 262 valence electrons. The second kappa shape index (κ2) is 14.5. The van der Waals surface area contributed by atoms with Crippen molar-refractivity contribution < 1.29 is 14.2 Å². The van der Waals surface area contributed by atoms with Crippen molar-refractivity contribution in [3.63, 3.8) is 0 Å². The first-order chi connectivity index (χ1) is 24.2. The van der Waals surface area contributed by atoms with Gasteiger partial charge in [0.15, 0.2) is 0 Å². The molecule has 3 unspecified atom stereocenters. The monoisotopic (exact) mass is 718 g/mol. The van der Waals surface area contributed by atoms with E-state index in [2.05, 4.69) is 63.2 Å². The summed E-state index contributed by atoms with van der Waals surface area (Å²) in [6.45, 7) is 10.6. The highest BCUT2D eigenvalue weighted by atomic mass is 35.5. The van der Waals surface area contributed by atoms with Crippen molar-refractivity contribution in [3.8, 4) is 11.4 Å². The minimum atomic E-state index is -1.18. The number of halogens is 2. The van der Waals surface area contributed by atoms with Crippen molar-refractivity contribution in [2.24, 2.45) is 5.92 Å². The Bertz CT molecular complexity index is 1940. The third kappa shape index (κ3) is 7.11. The first-order valence-electron chi connectivity index (χ1n) is 16.8. The summed E-state index contributed by atoms with van der Waals surface area (Å²) in [5.74, 6) is -0.120. The van der Waals surface area contributed by atoms with Gasteiger partial charge in [-0.25, -0.2) is 14.0 Å². The fourth-order valence-electron chi connectivity index (χ4n) is 6.31. The maximum atomic E-state index is 12.9. The van der Waals surface area contributed by atoms with Gasteiger partial charge >= 0.3 is 5.69 Å². The van der Waals surface area contributed by atoms with Crippen molar-refractivity contribution in [2.45, 2.75) is 45.2 Å². The maximum absolute atomic E-state index is 12.9. The standard InChI is InChI=1S/C36H40Cl2N8O4/c1-25(2)26(3)46-35(47)44(24-41-46)30-7-5-28(6-8-30)42-16-18-43(19-17-42)29-9-11-31(12-10-29)48-21-32-22-49-36(50-32,23-45-39-14-15-40-45)33-13-4-27(37)20-34(33)38/h4-15,20,24-26,32H,16-19,21-23H2,1-3H3. The van der Waals surface area contributed by atoms with Crippen LogP contribution in [0.2, 0.25) is 10.0 Å².